The van der Waals surface area contributed by atoms with Gasteiger partial charge in [0.1, 0.15) is 18.4 Å². The molecule has 1 aliphatic heterocycles. The summed E-state index contributed by atoms with van der Waals surface area (Å²) in [7, 11) is 0. The highest BCUT2D eigenvalue weighted by atomic mass is 16.5. The Balaban J connectivity index is 1.57. The number of ether oxygens (including phenoxy) is 2. The zero-order valence-electron chi connectivity index (χ0n) is 16.5. The number of esters is 1. The average molecular weight is 402 g/mol. The SMILES string of the molecule is CCOC(=O)C1CC(=O)CC[C@@H]1N1CC[C@H](NC(=O)OCc2ccccc2)C1=O. The van der Waals surface area contributed by atoms with Crippen LogP contribution >= 0.6 is 0 Å². The fourth-order valence-electron chi connectivity index (χ4n) is 3.93. The Morgan fingerprint density at radius 1 is 1.14 bits per heavy atom. The summed E-state index contributed by atoms with van der Waals surface area (Å²) in [5.74, 6) is -1.35. The first-order chi connectivity index (χ1) is 14.0. The Morgan fingerprint density at radius 2 is 1.90 bits per heavy atom. The van der Waals surface area contributed by atoms with Gasteiger partial charge in [0.25, 0.3) is 0 Å². The molecule has 1 aromatic rings. The van der Waals surface area contributed by atoms with Crippen LogP contribution in [0.15, 0.2) is 30.3 Å². The van der Waals surface area contributed by atoms with E-state index in [1.54, 1.807) is 11.8 Å². The minimum atomic E-state index is -0.696. The molecule has 2 aliphatic rings. The number of carbonyl (C=O) groups excluding carboxylic acids is 4. The van der Waals surface area contributed by atoms with E-state index in [4.69, 9.17) is 9.47 Å². The van der Waals surface area contributed by atoms with E-state index >= 15 is 0 Å². The molecule has 2 amide bonds. The Bertz CT molecular complexity index is 766. The lowest BCUT2D eigenvalue weighted by Crippen LogP contribution is -2.51. The van der Waals surface area contributed by atoms with Crippen LogP contribution in [0.1, 0.15) is 38.2 Å². The lowest BCUT2D eigenvalue weighted by molar-refractivity contribution is -0.155. The van der Waals surface area contributed by atoms with E-state index in [1.807, 2.05) is 30.3 Å². The molecule has 8 heteroatoms. The highest BCUT2D eigenvalue weighted by Crippen LogP contribution is 2.31. The van der Waals surface area contributed by atoms with Gasteiger partial charge in [-0.15, -0.1) is 0 Å². The summed E-state index contributed by atoms with van der Waals surface area (Å²) >= 11 is 0. The Hall–Kier alpha value is -2.90. The zero-order valence-corrected chi connectivity index (χ0v) is 16.5. The minimum absolute atomic E-state index is 0.00473. The summed E-state index contributed by atoms with van der Waals surface area (Å²) < 4.78 is 10.3. The number of hydrogen-bond acceptors (Lipinski definition) is 6. The first-order valence-electron chi connectivity index (χ1n) is 9.95. The molecule has 1 unspecified atom stereocenters. The average Bonchev–Trinajstić information content (AvgIpc) is 3.07. The van der Waals surface area contributed by atoms with Crippen molar-refractivity contribution in [1.29, 1.82) is 0 Å². The summed E-state index contributed by atoms with van der Waals surface area (Å²) in [5, 5.41) is 2.61. The summed E-state index contributed by atoms with van der Waals surface area (Å²) in [5.41, 5.74) is 0.853. The molecule has 1 heterocycles. The second-order valence-corrected chi connectivity index (χ2v) is 7.29. The van der Waals surface area contributed by atoms with E-state index in [2.05, 4.69) is 5.32 Å². The van der Waals surface area contributed by atoms with Crippen LogP contribution < -0.4 is 5.32 Å². The second kappa shape index (κ2) is 9.54. The van der Waals surface area contributed by atoms with Gasteiger partial charge in [0, 0.05) is 25.4 Å². The van der Waals surface area contributed by atoms with Crippen molar-refractivity contribution in [1.82, 2.24) is 10.2 Å². The molecule has 29 heavy (non-hydrogen) atoms. The third-order valence-corrected chi connectivity index (χ3v) is 5.37. The Labute approximate surface area is 169 Å². The second-order valence-electron chi connectivity index (χ2n) is 7.29. The maximum Gasteiger partial charge on any atom is 0.408 e. The van der Waals surface area contributed by atoms with Crippen LogP contribution in [0.4, 0.5) is 4.79 Å². The number of amides is 2. The number of likely N-dealkylation sites (tertiary alicyclic amines) is 1. The highest BCUT2D eigenvalue weighted by Gasteiger charge is 2.45. The molecular formula is C21H26N2O6. The molecule has 1 saturated carbocycles. The molecule has 2 fully saturated rings. The van der Waals surface area contributed by atoms with Crippen molar-refractivity contribution in [2.75, 3.05) is 13.2 Å². The molecule has 0 aromatic heterocycles. The van der Waals surface area contributed by atoms with Crippen molar-refractivity contribution >= 4 is 23.8 Å². The van der Waals surface area contributed by atoms with Gasteiger partial charge < -0.3 is 19.7 Å². The third-order valence-electron chi connectivity index (χ3n) is 5.37. The fraction of sp³-hybridized carbons (Fsp3) is 0.524. The fourth-order valence-corrected chi connectivity index (χ4v) is 3.93. The topological polar surface area (TPSA) is 102 Å². The van der Waals surface area contributed by atoms with Gasteiger partial charge in [0.05, 0.1) is 12.5 Å². The van der Waals surface area contributed by atoms with Crippen molar-refractivity contribution < 1.29 is 28.7 Å². The highest BCUT2D eigenvalue weighted by molar-refractivity contribution is 5.90. The number of nitrogens with one attached hydrogen (secondary N) is 1. The van der Waals surface area contributed by atoms with Gasteiger partial charge in [0.15, 0.2) is 0 Å². The molecular weight excluding hydrogens is 376 g/mol. The zero-order chi connectivity index (χ0) is 20.8. The smallest absolute Gasteiger partial charge is 0.408 e. The molecule has 0 bridgehead atoms. The first-order valence-corrected chi connectivity index (χ1v) is 9.95. The summed E-state index contributed by atoms with van der Waals surface area (Å²) in [6.45, 7) is 2.46. The van der Waals surface area contributed by atoms with Gasteiger partial charge in [-0.1, -0.05) is 30.3 Å². The van der Waals surface area contributed by atoms with Gasteiger partial charge in [-0.25, -0.2) is 4.79 Å². The number of Topliss-reactive ketones (excluding diaryl/α,β-unsaturated/α-hetero) is 1. The van der Waals surface area contributed by atoms with E-state index in [1.165, 1.54) is 0 Å². The van der Waals surface area contributed by atoms with Crippen molar-refractivity contribution in [3.63, 3.8) is 0 Å². The van der Waals surface area contributed by atoms with Crippen molar-refractivity contribution in [3.8, 4) is 0 Å². The third kappa shape index (κ3) is 5.13. The van der Waals surface area contributed by atoms with Gasteiger partial charge in [-0.3, -0.25) is 14.4 Å². The standard InChI is InChI=1S/C21H26N2O6/c1-2-28-20(26)16-12-15(24)8-9-18(16)23-11-10-17(19(23)25)22-21(27)29-13-14-6-4-3-5-7-14/h3-7,16-18H,2,8-13H2,1H3,(H,22,27)/t16?,17-,18-/m0/s1. The summed E-state index contributed by atoms with van der Waals surface area (Å²) in [6, 6.07) is 8.18. The predicted molar refractivity (Wildman–Crippen MR) is 103 cm³/mol. The van der Waals surface area contributed by atoms with Crippen LogP contribution in [0.3, 0.4) is 0 Å². The van der Waals surface area contributed by atoms with Crippen LogP contribution in [0.2, 0.25) is 0 Å². The number of benzene rings is 1. The molecule has 1 aromatic carbocycles. The van der Waals surface area contributed by atoms with Gasteiger partial charge in [-0.2, -0.15) is 0 Å². The van der Waals surface area contributed by atoms with E-state index in [9.17, 15) is 19.2 Å². The molecule has 1 N–H and O–H groups in total. The van der Waals surface area contributed by atoms with E-state index in [0.717, 1.165) is 5.56 Å². The number of nitrogens with zero attached hydrogens (tertiary/aromatic N) is 1. The summed E-state index contributed by atoms with van der Waals surface area (Å²) in [4.78, 5) is 50.7. The minimum Gasteiger partial charge on any atom is -0.466 e. The largest absolute Gasteiger partial charge is 0.466 e. The molecule has 8 nitrogen and oxygen atoms in total. The van der Waals surface area contributed by atoms with Gasteiger partial charge in [-0.05, 0) is 25.3 Å². The van der Waals surface area contributed by atoms with Crippen LogP contribution in [-0.2, 0) is 30.5 Å². The van der Waals surface area contributed by atoms with Gasteiger partial charge in [0.2, 0.25) is 5.91 Å². The van der Waals surface area contributed by atoms with Crippen molar-refractivity contribution in [2.45, 2.75) is 51.3 Å². The monoisotopic (exact) mass is 402 g/mol. The molecule has 3 rings (SSSR count). The molecule has 156 valence electrons. The normalized spacial score (nSPS) is 24.3. The lowest BCUT2D eigenvalue weighted by Gasteiger charge is -2.36. The van der Waals surface area contributed by atoms with Crippen LogP contribution in [-0.4, -0.2) is 53.9 Å². The molecule has 1 aliphatic carbocycles. The van der Waals surface area contributed by atoms with E-state index in [0.29, 0.717) is 25.8 Å². The maximum absolute atomic E-state index is 12.8. The molecule has 3 atom stereocenters. The van der Waals surface area contributed by atoms with Crippen LogP contribution in [0, 0.1) is 5.92 Å². The number of alkyl carbamates (subject to hydrolysis) is 1. The van der Waals surface area contributed by atoms with Crippen molar-refractivity contribution in [3.05, 3.63) is 35.9 Å². The number of rotatable bonds is 6. The van der Waals surface area contributed by atoms with Crippen LogP contribution in [0.5, 0.6) is 0 Å². The Kier molecular flexibility index (Phi) is 6.85. The number of ketones is 1. The molecule has 1 saturated heterocycles. The van der Waals surface area contributed by atoms with Crippen molar-refractivity contribution in [2.24, 2.45) is 5.92 Å². The van der Waals surface area contributed by atoms with Gasteiger partial charge >= 0.3 is 12.1 Å². The molecule has 0 radical (unpaired) electrons. The number of hydrogen-bond donors (Lipinski definition) is 1. The summed E-state index contributed by atoms with van der Waals surface area (Å²) in [6.07, 6.45) is 0.625. The Morgan fingerprint density at radius 3 is 2.62 bits per heavy atom. The predicted octanol–water partition coefficient (Wildman–Crippen LogP) is 1.81. The number of carbonyl (C=O) groups is 4. The quantitative estimate of drug-likeness (QED) is 0.728. The first kappa shape index (κ1) is 20.8. The lowest BCUT2D eigenvalue weighted by atomic mass is 9.83. The maximum atomic E-state index is 12.8. The molecule has 0 spiro atoms. The van der Waals surface area contributed by atoms with E-state index < -0.39 is 24.0 Å². The van der Waals surface area contributed by atoms with E-state index in [-0.39, 0.29) is 37.4 Å². The van der Waals surface area contributed by atoms with Crippen LogP contribution in [0.25, 0.3) is 0 Å².